The quantitative estimate of drug-likeness (QED) is 0.244. The summed E-state index contributed by atoms with van der Waals surface area (Å²) in [6.07, 6.45) is 12.3. The number of carboxylic acids is 1. The van der Waals surface area contributed by atoms with E-state index in [1.165, 1.54) is 13.8 Å². The second-order valence-electron chi connectivity index (χ2n) is 8.02. The van der Waals surface area contributed by atoms with Crippen LogP contribution in [0.4, 0.5) is 0 Å². The first-order valence-electron chi connectivity index (χ1n) is 11.2. The number of ether oxygens (including phenoxy) is 2. The van der Waals surface area contributed by atoms with Crippen LogP contribution < -0.4 is 0 Å². The Morgan fingerprint density at radius 2 is 1.87 bits per heavy atom. The van der Waals surface area contributed by atoms with Gasteiger partial charge in [-0.1, -0.05) is 38.0 Å². The van der Waals surface area contributed by atoms with E-state index in [2.05, 4.69) is 6.92 Å². The van der Waals surface area contributed by atoms with E-state index >= 15 is 0 Å². The van der Waals surface area contributed by atoms with Crippen molar-refractivity contribution in [3.63, 3.8) is 0 Å². The maximum atomic E-state index is 12.6. The zero-order valence-electron chi connectivity index (χ0n) is 18.9. The molecular weight excluding hydrogens is 400 g/mol. The molecule has 1 saturated carbocycles. The Kier molecular flexibility index (Phi) is 12.5. The molecule has 2 unspecified atom stereocenters. The lowest BCUT2D eigenvalue weighted by molar-refractivity contribution is -0.147. The second kappa shape index (κ2) is 14.5. The lowest BCUT2D eigenvalue weighted by Crippen LogP contribution is -2.24. The number of carbonyl (C=O) groups is 4. The van der Waals surface area contributed by atoms with Crippen LogP contribution in [-0.4, -0.2) is 41.0 Å². The lowest BCUT2D eigenvalue weighted by atomic mass is 9.90. The molecule has 0 aromatic carbocycles. The summed E-state index contributed by atoms with van der Waals surface area (Å²) in [6.45, 7) is 4.80. The molecule has 0 aromatic heterocycles. The molecule has 1 fully saturated rings. The number of Topliss-reactive ketones (excluding diaryl/α,β-unsaturated/α-hetero) is 1. The minimum Gasteiger partial charge on any atom is -0.481 e. The van der Waals surface area contributed by atoms with Crippen LogP contribution in [0, 0.1) is 11.8 Å². The van der Waals surface area contributed by atoms with Crippen molar-refractivity contribution in [3.8, 4) is 0 Å². The SMILES string of the molecule is CCCCCC(/C=C/[C@H]1C(OC(C)=O)CC(=O)[C@@H]1C/C=C/CCCC(=O)O)OC(C)=O. The maximum Gasteiger partial charge on any atom is 0.303 e. The molecule has 7 heteroatoms. The molecule has 174 valence electrons. The first-order chi connectivity index (χ1) is 14.7. The van der Waals surface area contributed by atoms with Crippen molar-refractivity contribution >= 4 is 23.7 Å². The summed E-state index contributed by atoms with van der Waals surface area (Å²) in [5, 5.41) is 8.69. The second-order valence-corrected chi connectivity index (χ2v) is 8.02. The lowest BCUT2D eigenvalue weighted by Gasteiger charge is -2.21. The average molecular weight is 437 g/mol. The number of hydrogen-bond acceptors (Lipinski definition) is 6. The molecule has 0 heterocycles. The molecule has 31 heavy (non-hydrogen) atoms. The number of carboxylic acid groups (broad SMARTS) is 1. The van der Waals surface area contributed by atoms with Crippen LogP contribution in [0.1, 0.15) is 78.6 Å². The summed E-state index contributed by atoms with van der Waals surface area (Å²) in [6, 6.07) is 0. The fourth-order valence-electron chi connectivity index (χ4n) is 3.83. The third-order valence-corrected chi connectivity index (χ3v) is 5.30. The van der Waals surface area contributed by atoms with E-state index in [1.807, 2.05) is 24.3 Å². The van der Waals surface area contributed by atoms with Crippen LogP contribution in [0.15, 0.2) is 24.3 Å². The van der Waals surface area contributed by atoms with E-state index in [0.717, 1.165) is 19.3 Å². The van der Waals surface area contributed by atoms with Gasteiger partial charge in [-0.3, -0.25) is 19.2 Å². The molecule has 7 nitrogen and oxygen atoms in total. The number of unbranched alkanes of at least 4 members (excludes halogenated alkanes) is 3. The maximum absolute atomic E-state index is 12.6. The first kappa shape index (κ1) is 26.6. The van der Waals surface area contributed by atoms with Crippen LogP contribution in [-0.2, 0) is 28.7 Å². The van der Waals surface area contributed by atoms with Crippen LogP contribution in [0.5, 0.6) is 0 Å². The number of aliphatic carboxylic acids is 1. The average Bonchev–Trinajstić information content (AvgIpc) is 2.95. The summed E-state index contributed by atoms with van der Waals surface area (Å²) in [5.41, 5.74) is 0. The Labute approximate surface area is 184 Å². The van der Waals surface area contributed by atoms with E-state index in [4.69, 9.17) is 14.6 Å². The molecule has 1 N–H and O–H groups in total. The predicted octanol–water partition coefficient (Wildman–Crippen LogP) is 4.39. The topological polar surface area (TPSA) is 107 Å². The van der Waals surface area contributed by atoms with Gasteiger partial charge in [-0.2, -0.15) is 0 Å². The highest BCUT2D eigenvalue weighted by Gasteiger charge is 2.42. The van der Waals surface area contributed by atoms with Gasteiger partial charge < -0.3 is 14.6 Å². The van der Waals surface area contributed by atoms with Gasteiger partial charge in [0.15, 0.2) is 0 Å². The molecule has 0 aliphatic heterocycles. The van der Waals surface area contributed by atoms with Gasteiger partial charge in [-0.25, -0.2) is 0 Å². The van der Waals surface area contributed by atoms with Crippen molar-refractivity contribution in [2.75, 3.05) is 0 Å². The fraction of sp³-hybridized carbons (Fsp3) is 0.667. The number of ketones is 1. The van der Waals surface area contributed by atoms with Gasteiger partial charge in [-0.05, 0) is 38.2 Å². The van der Waals surface area contributed by atoms with E-state index in [0.29, 0.717) is 25.7 Å². The zero-order valence-corrected chi connectivity index (χ0v) is 18.9. The summed E-state index contributed by atoms with van der Waals surface area (Å²) in [4.78, 5) is 46.1. The van der Waals surface area contributed by atoms with Gasteiger partial charge in [-0.15, -0.1) is 0 Å². The molecule has 1 aliphatic rings. The Morgan fingerprint density at radius 3 is 2.48 bits per heavy atom. The van der Waals surface area contributed by atoms with Crippen molar-refractivity contribution in [1.82, 2.24) is 0 Å². The van der Waals surface area contributed by atoms with Gasteiger partial charge >= 0.3 is 17.9 Å². The first-order valence-corrected chi connectivity index (χ1v) is 11.2. The summed E-state index contributed by atoms with van der Waals surface area (Å²) in [5.74, 6) is -2.19. The van der Waals surface area contributed by atoms with Gasteiger partial charge in [0.2, 0.25) is 0 Å². The molecule has 0 saturated heterocycles. The Bertz CT molecular complexity index is 665. The smallest absolute Gasteiger partial charge is 0.303 e. The van der Waals surface area contributed by atoms with Crippen molar-refractivity contribution in [2.24, 2.45) is 11.8 Å². The van der Waals surface area contributed by atoms with Gasteiger partial charge in [0.1, 0.15) is 18.0 Å². The molecule has 1 rings (SSSR count). The van der Waals surface area contributed by atoms with Crippen LogP contribution in [0.25, 0.3) is 0 Å². The number of hydrogen-bond donors (Lipinski definition) is 1. The minimum absolute atomic E-state index is 0.0334. The van der Waals surface area contributed by atoms with Crippen LogP contribution >= 0.6 is 0 Å². The Morgan fingerprint density at radius 1 is 1.13 bits per heavy atom. The van der Waals surface area contributed by atoms with Gasteiger partial charge in [0.25, 0.3) is 0 Å². The zero-order chi connectivity index (χ0) is 23.2. The molecule has 0 amide bonds. The normalized spacial score (nSPS) is 22.2. The monoisotopic (exact) mass is 436 g/mol. The molecule has 0 spiro atoms. The highest BCUT2D eigenvalue weighted by atomic mass is 16.5. The van der Waals surface area contributed by atoms with Gasteiger partial charge in [0, 0.05) is 38.5 Å². The molecule has 0 aromatic rings. The molecule has 0 bridgehead atoms. The van der Waals surface area contributed by atoms with E-state index in [9.17, 15) is 19.2 Å². The van der Waals surface area contributed by atoms with Crippen molar-refractivity contribution in [2.45, 2.75) is 90.8 Å². The Hall–Kier alpha value is -2.44. The third kappa shape index (κ3) is 10.9. The third-order valence-electron chi connectivity index (χ3n) is 5.30. The standard InChI is InChI=1S/C24H36O7/c1-4-5-8-11-19(30-17(2)25)14-15-21-20(12-9-6-7-10-13-24(28)29)22(27)16-23(21)31-18(3)26/h6,9,14-15,19-21,23H,4-5,7-8,10-13,16H2,1-3H3,(H,28,29)/b9-6+,15-14+/t19?,20-,21-,23?/m1/s1. The summed E-state index contributed by atoms with van der Waals surface area (Å²) < 4.78 is 10.8. The van der Waals surface area contributed by atoms with Crippen molar-refractivity contribution in [1.29, 1.82) is 0 Å². The number of esters is 2. The number of allylic oxidation sites excluding steroid dienone is 2. The summed E-state index contributed by atoms with van der Waals surface area (Å²) in [7, 11) is 0. The molecular formula is C24H36O7. The summed E-state index contributed by atoms with van der Waals surface area (Å²) >= 11 is 0. The highest BCUT2D eigenvalue weighted by molar-refractivity contribution is 5.85. The van der Waals surface area contributed by atoms with Crippen LogP contribution in [0.3, 0.4) is 0 Å². The molecule has 0 radical (unpaired) electrons. The van der Waals surface area contributed by atoms with E-state index in [-0.39, 0.29) is 42.5 Å². The number of rotatable bonds is 14. The minimum atomic E-state index is -0.824. The highest BCUT2D eigenvalue weighted by Crippen LogP contribution is 2.35. The molecule has 1 aliphatic carbocycles. The van der Waals surface area contributed by atoms with Crippen LogP contribution in [0.2, 0.25) is 0 Å². The number of carbonyl (C=O) groups excluding carboxylic acids is 3. The fourth-order valence-corrected chi connectivity index (χ4v) is 3.83. The molecule has 4 atom stereocenters. The van der Waals surface area contributed by atoms with Crippen molar-refractivity contribution < 1.29 is 33.8 Å². The Balaban J connectivity index is 2.86. The predicted molar refractivity (Wildman–Crippen MR) is 116 cm³/mol. The van der Waals surface area contributed by atoms with E-state index in [1.54, 1.807) is 0 Å². The van der Waals surface area contributed by atoms with Gasteiger partial charge in [0.05, 0.1) is 0 Å². The van der Waals surface area contributed by atoms with E-state index < -0.39 is 18.0 Å². The largest absolute Gasteiger partial charge is 0.481 e. The van der Waals surface area contributed by atoms with Crippen molar-refractivity contribution in [3.05, 3.63) is 24.3 Å².